The van der Waals surface area contributed by atoms with E-state index in [-0.39, 0.29) is 18.4 Å². The Balaban J connectivity index is 1.87. The number of amides is 1. The van der Waals surface area contributed by atoms with Gasteiger partial charge in [0.1, 0.15) is 11.9 Å². The van der Waals surface area contributed by atoms with Crippen LogP contribution < -0.4 is 19.5 Å². The lowest BCUT2D eigenvalue weighted by molar-refractivity contribution is -0.121. The van der Waals surface area contributed by atoms with Crippen LogP contribution in [-0.4, -0.2) is 36.8 Å². The molecule has 1 atom stereocenters. The maximum Gasteiger partial charge on any atom is 0.225 e. The van der Waals surface area contributed by atoms with Gasteiger partial charge in [0.15, 0.2) is 11.5 Å². The Morgan fingerprint density at radius 3 is 2.34 bits per heavy atom. The minimum absolute atomic E-state index is 0.122. The first-order valence-corrected chi connectivity index (χ1v) is 9.18. The number of rotatable bonds is 8. The summed E-state index contributed by atoms with van der Waals surface area (Å²) >= 11 is 0. The van der Waals surface area contributed by atoms with E-state index in [0.717, 1.165) is 11.4 Å². The molecular formula is C22H25N3O4. The zero-order valence-corrected chi connectivity index (χ0v) is 17.0. The van der Waals surface area contributed by atoms with Crippen molar-refractivity contribution in [1.29, 1.82) is 0 Å². The minimum Gasteiger partial charge on any atom is -0.493 e. The van der Waals surface area contributed by atoms with Crippen molar-refractivity contribution in [3.63, 3.8) is 0 Å². The van der Waals surface area contributed by atoms with Gasteiger partial charge in [-0.2, -0.15) is 0 Å². The number of hydrogen-bond donors (Lipinski definition) is 1. The van der Waals surface area contributed by atoms with Gasteiger partial charge in [-0.05, 0) is 11.6 Å². The SMILES string of the molecule is COc1ccc(CC(=O)NC(c2ccccc2)c2nccn2C)c(OC)c1OC. The van der Waals surface area contributed by atoms with Crippen LogP contribution in [0.1, 0.15) is 23.0 Å². The first-order chi connectivity index (χ1) is 14.1. The second kappa shape index (κ2) is 9.14. The molecule has 29 heavy (non-hydrogen) atoms. The summed E-state index contributed by atoms with van der Waals surface area (Å²) in [7, 11) is 6.54. The molecule has 3 aromatic rings. The quantitative estimate of drug-likeness (QED) is 0.635. The lowest BCUT2D eigenvalue weighted by Crippen LogP contribution is -2.32. The van der Waals surface area contributed by atoms with Gasteiger partial charge < -0.3 is 24.1 Å². The smallest absolute Gasteiger partial charge is 0.225 e. The molecule has 0 aliphatic heterocycles. The van der Waals surface area contributed by atoms with Crippen LogP contribution in [0.15, 0.2) is 54.9 Å². The first-order valence-electron chi connectivity index (χ1n) is 9.18. The molecule has 0 aliphatic rings. The van der Waals surface area contributed by atoms with Crippen LogP contribution in [0.25, 0.3) is 0 Å². The number of nitrogens with one attached hydrogen (secondary N) is 1. The number of imidazole rings is 1. The van der Waals surface area contributed by atoms with E-state index in [1.807, 2.05) is 48.1 Å². The average molecular weight is 395 g/mol. The molecule has 0 saturated carbocycles. The zero-order valence-electron chi connectivity index (χ0n) is 17.0. The van der Waals surface area contributed by atoms with Crippen LogP contribution in [0.5, 0.6) is 17.2 Å². The summed E-state index contributed by atoms with van der Waals surface area (Å²) in [4.78, 5) is 17.4. The molecule has 1 unspecified atom stereocenters. The molecule has 7 heteroatoms. The Kier molecular flexibility index (Phi) is 6.39. The maximum absolute atomic E-state index is 12.9. The van der Waals surface area contributed by atoms with Crippen LogP contribution in [0, 0.1) is 0 Å². The van der Waals surface area contributed by atoms with Crippen LogP contribution in [0.3, 0.4) is 0 Å². The van der Waals surface area contributed by atoms with Crippen molar-refractivity contribution in [2.75, 3.05) is 21.3 Å². The number of hydrogen-bond acceptors (Lipinski definition) is 5. The highest BCUT2D eigenvalue weighted by molar-refractivity contribution is 5.81. The topological polar surface area (TPSA) is 74.6 Å². The molecule has 2 aromatic carbocycles. The number of carbonyl (C=O) groups is 1. The van der Waals surface area contributed by atoms with Crippen molar-refractivity contribution in [2.24, 2.45) is 7.05 Å². The highest BCUT2D eigenvalue weighted by Gasteiger charge is 2.23. The van der Waals surface area contributed by atoms with E-state index in [0.29, 0.717) is 22.8 Å². The molecule has 0 saturated heterocycles. The predicted molar refractivity (Wildman–Crippen MR) is 109 cm³/mol. The lowest BCUT2D eigenvalue weighted by Gasteiger charge is -2.20. The largest absolute Gasteiger partial charge is 0.493 e. The summed E-state index contributed by atoms with van der Waals surface area (Å²) in [5.74, 6) is 2.08. The van der Waals surface area contributed by atoms with E-state index in [2.05, 4.69) is 10.3 Å². The average Bonchev–Trinajstić information content (AvgIpc) is 3.17. The fraction of sp³-hybridized carbons (Fsp3) is 0.273. The van der Waals surface area contributed by atoms with Crippen LogP contribution in [-0.2, 0) is 18.3 Å². The molecule has 0 fully saturated rings. The minimum atomic E-state index is -0.366. The summed E-state index contributed by atoms with van der Waals surface area (Å²) in [5.41, 5.74) is 1.66. The van der Waals surface area contributed by atoms with E-state index in [1.54, 1.807) is 32.5 Å². The molecule has 0 bridgehead atoms. The number of nitrogens with zero attached hydrogens (tertiary/aromatic N) is 2. The molecule has 1 heterocycles. The third-order valence-electron chi connectivity index (χ3n) is 4.69. The maximum atomic E-state index is 12.9. The van der Waals surface area contributed by atoms with E-state index in [1.165, 1.54) is 7.11 Å². The fourth-order valence-corrected chi connectivity index (χ4v) is 3.29. The van der Waals surface area contributed by atoms with Gasteiger partial charge in [0.2, 0.25) is 11.7 Å². The summed E-state index contributed by atoms with van der Waals surface area (Å²) in [5, 5.41) is 3.09. The molecule has 1 amide bonds. The van der Waals surface area contributed by atoms with Gasteiger partial charge in [-0.3, -0.25) is 4.79 Å². The highest BCUT2D eigenvalue weighted by Crippen LogP contribution is 2.40. The normalized spacial score (nSPS) is 11.6. The summed E-state index contributed by atoms with van der Waals surface area (Å²) in [6, 6.07) is 13.0. The number of aromatic nitrogens is 2. The zero-order chi connectivity index (χ0) is 20.8. The summed E-state index contributed by atoms with van der Waals surface area (Å²) in [6.07, 6.45) is 3.70. The van der Waals surface area contributed by atoms with Crippen LogP contribution in [0.4, 0.5) is 0 Å². The van der Waals surface area contributed by atoms with E-state index >= 15 is 0 Å². The van der Waals surface area contributed by atoms with Crippen molar-refractivity contribution in [3.05, 3.63) is 71.8 Å². The van der Waals surface area contributed by atoms with Crippen LogP contribution >= 0.6 is 0 Å². The van der Waals surface area contributed by atoms with Gasteiger partial charge >= 0.3 is 0 Å². The molecule has 152 valence electrons. The predicted octanol–water partition coefficient (Wildman–Crippen LogP) is 2.89. The number of benzene rings is 2. The number of ether oxygens (including phenoxy) is 3. The van der Waals surface area contributed by atoms with Gasteiger partial charge in [-0.25, -0.2) is 4.98 Å². The van der Waals surface area contributed by atoms with Gasteiger partial charge in [0.05, 0.1) is 27.8 Å². The van der Waals surface area contributed by atoms with Crippen molar-refractivity contribution < 1.29 is 19.0 Å². The fourth-order valence-electron chi connectivity index (χ4n) is 3.29. The van der Waals surface area contributed by atoms with Crippen LogP contribution in [0.2, 0.25) is 0 Å². The number of carbonyl (C=O) groups excluding carboxylic acids is 1. The summed E-state index contributed by atoms with van der Waals surface area (Å²) in [6.45, 7) is 0. The molecule has 1 aromatic heterocycles. The Hall–Kier alpha value is -3.48. The molecule has 0 spiro atoms. The third-order valence-corrected chi connectivity index (χ3v) is 4.69. The van der Waals surface area contributed by atoms with E-state index < -0.39 is 0 Å². The second-order valence-corrected chi connectivity index (χ2v) is 6.48. The Morgan fingerprint density at radius 2 is 1.76 bits per heavy atom. The molecule has 1 N–H and O–H groups in total. The number of methoxy groups -OCH3 is 3. The number of aryl methyl sites for hydroxylation is 1. The second-order valence-electron chi connectivity index (χ2n) is 6.48. The highest BCUT2D eigenvalue weighted by atomic mass is 16.5. The lowest BCUT2D eigenvalue weighted by atomic mass is 10.0. The molecule has 7 nitrogen and oxygen atoms in total. The Morgan fingerprint density at radius 1 is 1.03 bits per heavy atom. The Labute approximate surface area is 170 Å². The Bertz CT molecular complexity index is 969. The van der Waals surface area contributed by atoms with E-state index in [9.17, 15) is 4.79 Å². The van der Waals surface area contributed by atoms with Crippen molar-refractivity contribution in [2.45, 2.75) is 12.5 Å². The van der Waals surface area contributed by atoms with E-state index in [4.69, 9.17) is 14.2 Å². The van der Waals surface area contributed by atoms with Crippen molar-refractivity contribution >= 4 is 5.91 Å². The molecule has 0 radical (unpaired) electrons. The summed E-state index contributed by atoms with van der Waals surface area (Å²) < 4.78 is 18.1. The van der Waals surface area contributed by atoms with Gasteiger partial charge in [0, 0.05) is 25.0 Å². The monoisotopic (exact) mass is 395 g/mol. The van der Waals surface area contributed by atoms with Crippen molar-refractivity contribution in [1.82, 2.24) is 14.9 Å². The van der Waals surface area contributed by atoms with Crippen molar-refractivity contribution in [3.8, 4) is 17.2 Å². The molecular weight excluding hydrogens is 370 g/mol. The standard InChI is InChI=1S/C22H25N3O4/c1-25-13-12-23-22(25)19(15-8-6-5-7-9-15)24-18(26)14-16-10-11-17(27-2)21(29-4)20(16)28-3/h5-13,19H,14H2,1-4H3,(H,24,26). The molecule has 0 aliphatic carbocycles. The first kappa shape index (κ1) is 20.3. The third kappa shape index (κ3) is 4.34. The van der Waals surface area contributed by atoms with Gasteiger partial charge in [-0.1, -0.05) is 36.4 Å². The molecule has 3 rings (SSSR count). The van der Waals surface area contributed by atoms with Gasteiger partial charge in [0.25, 0.3) is 0 Å². The van der Waals surface area contributed by atoms with Gasteiger partial charge in [-0.15, -0.1) is 0 Å².